The molecule has 0 saturated heterocycles. The highest BCUT2D eigenvalue weighted by atomic mass is 32.1. The number of H-pyrrole nitrogens is 1. The number of aromatic nitrogens is 1. The smallest absolute Gasteiger partial charge is 0.304 e. The van der Waals surface area contributed by atoms with Gasteiger partial charge < -0.3 is 16.0 Å². The molecule has 0 atom stereocenters. The van der Waals surface area contributed by atoms with Crippen molar-refractivity contribution in [3.63, 3.8) is 0 Å². The Morgan fingerprint density at radius 3 is 2.87 bits per heavy atom. The molecule has 4 N–H and O–H groups in total. The topological polar surface area (TPSA) is 88.0 Å². The van der Waals surface area contributed by atoms with E-state index in [0.717, 1.165) is 36.3 Å². The molecule has 5 nitrogen and oxygen atoms in total. The van der Waals surface area contributed by atoms with E-state index in [-0.39, 0.29) is 10.8 Å². The molecule has 1 aromatic rings. The van der Waals surface area contributed by atoms with Gasteiger partial charge in [-0.15, -0.1) is 0 Å². The number of carbonyl (C=O) groups is 1. The summed E-state index contributed by atoms with van der Waals surface area (Å²) in [6.07, 6.45) is 2.51. The zero-order valence-electron chi connectivity index (χ0n) is 8.21. The normalized spacial score (nSPS) is 18.2. The molecule has 0 radical (unpaired) electrons. The lowest BCUT2D eigenvalue weighted by Crippen LogP contribution is -2.58. The molecule has 2 rings (SSSR count). The Morgan fingerprint density at radius 1 is 1.67 bits per heavy atom. The minimum absolute atomic E-state index is 0.106. The van der Waals surface area contributed by atoms with E-state index in [2.05, 4.69) is 10.3 Å². The maximum absolute atomic E-state index is 11.6. The third-order valence-corrected chi connectivity index (χ3v) is 3.43. The monoisotopic (exact) mass is 227 g/mol. The highest BCUT2D eigenvalue weighted by Crippen LogP contribution is 2.28. The first-order valence-electron chi connectivity index (χ1n) is 4.84. The van der Waals surface area contributed by atoms with Crippen LogP contribution in [0.2, 0.25) is 0 Å². The number of hydrogen-bond acceptors (Lipinski definition) is 4. The number of aromatic amines is 1. The highest BCUT2D eigenvalue weighted by Gasteiger charge is 2.39. The van der Waals surface area contributed by atoms with Gasteiger partial charge in [0.25, 0.3) is 0 Å². The van der Waals surface area contributed by atoms with E-state index in [4.69, 9.17) is 5.73 Å². The summed E-state index contributed by atoms with van der Waals surface area (Å²) in [6, 6.07) is 0. The Morgan fingerprint density at radius 2 is 2.40 bits per heavy atom. The summed E-state index contributed by atoms with van der Waals surface area (Å²) in [5, 5.41) is 4.43. The second kappa shape index (κ2) is 3.79. The lowest BCUT2D eigenvalue weighted by molar-refractivity contribution is -0.129. The number of carbonyl (C=O) groups excluding carboxylic acids is 1. The van der Waals surface area contributed by atoms with Crippen LogP contribution in [0.15, 0.2) is 10.2 Å². The molecule has 1 saturated carbocycles. The molecule has 15 heavy (non-hydrogen) atoms. The Labute approximate surface area is 90.7 Å². The summed E-state index contributed by atoms with van der Waals surface area (Å²) in [4.78, 5) is 24.9. The molecular weight excluding hydrogens is 214 g/mol. The fourth-order valence-corrected chi connectivity index (χ4v) is 2.12. The van der Waals surface area contributed by atoms with E-state index in [1.54, 1.807) is 5.38 Å². The van der Waals surface area contributed by atoms with Crippen LogP contribution in [0, 0.1) is 0 Å². The van der Waals surface area contributed by atoms with Crippen molar-refractivity contribution in [2.24, 2.45) is 5.73 Å². The minimum atomic E-state index is -0.670. The van der Waals surface area contributed by atoms with Gasteiger partial charge in [-0.05, 0) is 19.3 Å². The number of amides is 1. The fourth-order valence-electron chi connectivity index (χ4n) is 1.54. The van der Waals surface area contributed by atoms with Gasteiger partial charge in [-0.1, -0.05) is 11.3 Å². The van der Waals surface area contributed by atoms with E-state index < -0.39 is 5.54 Å². The largest absolute Gasteiger partial charge is 0.349 e. The van der Waals surface area contributed by atoms with Gasteiger partial charge >= 0.3 is 4.87 Å². The number of rotatable bonds is 3. The maximum Gasteiger partial charge on any atom is 0.304 e. The fraction of sp³-hybridized carbons (Fsp3) is 0.556. The van der Waals surface area contributed by atoms with Crippen molar-refractivity contribution in [2.75, 3.05) is 0 Å². The second-order valence-electron chi connectivity index (χ2n) is 3.87. The predicted octanol–water partition coefficient (Wildman–Crippen LogP) is -0.0660. The first-order chi connectivity index (χ1) is 7.10. The summed E-state index contributed by atoms with van der Waals surface area (Å²) in [5.41, 5.74) is 5.89. The van der Waals surface area contributed by atoms with Crippen molar-refractivity contribution < 1.29 is 4.79 Å². The summed E-state index contributed by atoms with van der Waals surface area (Å²) in [6.45, 7) is 0.344. The number of thiazole rings is 1. The van der Waals surface area contributed by atoms with Crippen LogP contribution in [0.3, 0.4) is 0 Å². The van der Waals surface area contributed by atoms with Crippen molar-refractivity contribution in [1.29, 1.82) is 0 Å². The Kier molecular flexibility index (Phi) is 2.62. The minimum Gasteiger partial charge on any atom is -0.349 e. The molecule has 0 aliphatic heterocycles. The molecule has 0 bridgehead atoms. The van der Waals surface area contributed by atoms with Gasteiger partial charge in [0.05, 0.1) is 12.1 Å². The van der Waals surface area contributed by atoms with Gasteiger partial charge in [-0.2, -0.15) is 0 Å². The molecule has 1 amide bonds. The molecule has 6 heteroatoms. The van der Waals surface area contributed by atoms with Gasteiger partial charge in [0.2, 0.25) is 5.91 Å². The van der Waals surface area contributed by atoms with Gasteiger partial charge in [-0.25, -0.2) is 0 Å². The van der Waals surface area contributed by atoms with Gasteiger partial charge in [0.15, 0.2) is 0 Å². The molecule has 1 heterocycles. The number of nitrogens with one attached hydrogen (secondary N) is 2. The van der Waals surface area contributed by atoms with Gasteiger partial charge in [0.1, 0.15) is 0 Å². The average Bonchev–Trinajstić information content (AvgIpc) is 2.57. The summed E-state index contributed by atoms with van der Waals surface area (Å²) in [5.74, 6) is -0.124. The Hall–Kier alpha value is -1.14. The second-order valence-corrected chi connectivity index (χ2v) is 4.71. The van der Waals surface area contributed by atoms with Crippen molar-refractivity contribution in [3.8, 4) is 0 Å². The lowest BCUT2D eigenvalue weighted by Gasteiger charge is -2.36. The molecule has 0 spiro atoms. The van der Waals surface area contributed by atoms with E-state index in [1.165, 1.54) is 0 Å². The average molecular weight is 227 g/mol. The molecule has 1 fully saturated rings. The highest BCUT2D eigenvalue weighted by molar-refractivity contribution is 7.07. The third kappa shape index (κ3) is 2.10. The predicted molar refractivity (Wildman–Crippen MR) is 57.6 cm³/mol. The first-order valence-corrected chi connectivity index (χ1v) is 5.72. The lowest BCUT2D eigenvalue weighted by atomic mass is 9.77. The molecule has 82 valence electrons. The molecule has 1 aromatic heterocycles. The standard InChI is InChI=1S/C9H13N3O2S/c10-9(2-1-3-9)7(13)11-4-6-5-15-8(14)12-6/h5H,1-4,10H2,(H,11,13)(H,12,14). The number of nitrogens with two attached hydrogens (primary N) is 1. The van der Waals surface area contributed by atoms with Crippen LogP contribution in [-0.4, -0.2) is 16.4 Å². The van der Waals surface area contributed by atoms with E-state index in [0.29, 0.717) is 6.54 Å². The van der Waals surface area contributed by atoms with E-state index in [1.807, 2.05) is 0 Å². The first kappa shape index (κ1) is 10.4. The summed E-state index contributed by atoms with van der Waals surface area (Å²) in [7, 11) is 0. The molecule has 1 aliphatic carbocycles. The quantitative estimate of drug-likeness (QED) is 0.675. The van der Waals surface area contributed by atoms with Crippen LogP contribution >= 0.6 is 11.3 Å². The zero-order chi connectivity index (χ0) is 10.9. The van der Waals surface area contributed by atoms with Crippen LogP contribution in [0.1, 0.15) is 25.0 Å². The SMILES string of the molecule is NC1(C(=O)NCc2csc(=O)[nH]2)CCC1. The summed E-state index contributed by atoms with van der Waals surface area (Å²) >= 11 is 1.09. The maximum atomic E-state index is 11.6. The Bertz CT molecular complexity index is 419. The van der Waals surface area contributed by atoms with E-state index >= 15 is 0 Å². The van der Waals surface area contributed by atoms with Crippen molar-refractivity contribution in [2.45, 2.75) is 31.3 Å². The van der Waals surface area contributed by atoms with Crippen LogP contribution in [0.25, 0.3) is 0 Å². The summed E-state index contributed by atoms with van der Waals surface area (Å²) < 4.78 is 0. The molecule has 1 aliphatic rings. The van der Waals surface area contributed by atoms with Crippen LogP contribution in [0.5, 0.6) is 0 Å². The molecular formula is C9H13N3O2S. The molecule has 0 unspecified atom stereocenters. The zero-order valence-corrected chi connectivity index (χ0v) is 9.02. The van der Waals surface area contributed by atoms with Crippen molar-refractivity contribution in [1.82, 2.24) is 10.3 Å². The third-order valence-electron chi connectivity index (χ3n) is 2.71. The van der Waals surface area contributed by atoms with Crippen LogP contribution in [-0.2, 0) is 11.3 Å². The molecule has 0 aromatic carbocycles. The van der Waals surface area contributed by atoms with Crippen LogP contribution < -0.4 is 15.9 Å². The van der Waals surface area contributed by atoms with Gasteiger partial charge in [0, 0.05) is 11.1 Å². The van der Waals surface area contributed by atoms with Crippen molar-refractivity contribution >= 4 is 17.2 Å². The van der Waals surface area contributed by atoms with Gasteiger partial charge in [-0.3, -0.25) is 9.59 Å². The number of hydrogen-bond donors (Lipinski definition) is 3. The van der Waals surface area contributed by atoms with Crippen molar-refractivity contribution in [3.05, 3.63) is 20.7 Å². The van der Waals surface area contributed by atoms with E-state index in [9.17, 15) is 9.59 Å². The Balaban J connectivity index is 1.88. The van der Waals surface area contributed by atoms with Crippen LogP contribution in [0.4, 0.5) is 0 Å².